The van der Waals surface area contributed by atoms with E-state index in [0.29, 0.717) is 25.3 Å². The number of benzene rings is 3. The quantitative estimate of drug-likeness (QED) is 0.502. The van der Waals surface area contributed by atoms with Gasteiger partial charge in [0, 0.05) is 19.5 Å². The van der Waals surface area contributed by atoms with E-state index in [4.69, 9.17) is 4.74 Å². The molecule has 3 rings (SSSR count). The van der Waals surface area contributed by atoms with Crippen molar-refractivity contribution in [3.8, 4) is 5.75 Å². The van der Waals surface area contributed by atoms with Gasteiger partial charge in [-0.2, -0.15) is 0 Å². The average molecular weight is 445 g/mol. The molecule has 1 atom stereocenters. The highest BCUT2D eigenvalue weighted by Gasteiger charge is 2.30. The third kappa shape index (κ3) is 6.69. The number of carbonyl (C=O) groups excluding carboxylic acids is 2. The Morgan fingerprint density at radius 3 is 2.15 bits per heavy atom. The zero-order chi connectivity index (χ0) is 23.6. The summed E-state index contributed by atoms with van der Waals surface area (Å²) in [7, 11) is 0. The van der Waals surface area contributed by atoms with Crippen molar-refractivity contribution in [2.24, 2.45) is 0 Å². The molecule has 0 aliphatic rings. The van der Waals surface area contributed by atoms with Crippen molar-refractivity contribution < 1.29 is 14.3 Å². The Bertz CT molecular complexity index is 1050. The highest BCUT2D eigenvalue weighted by molar-refractivity contribution is 5.88. The van der Waals surface area contributed by atoms with Crippen molar-refractivity contribution in [3.63, 3.8) is 0 Å². The van der Waals surface area contributed by atoms with Crippen LogP contribution in [-0.4, -0.2) is 35.9 Å². The van der Waals surface area contributed by atoms with Gasteiger partial charge in [0.1, 0.15) is 11.8 Å². The smallest absolute Gasteiger partial charge is 0.261 e. The Balaban J connectivity index is 1.88. The molecule has 0 heterocycles. The Kier molecular flexibility index (Phi) is 8.64. The summed E-state index contributed by atoms with van der Waals surface area (Å²) in [4.78, 5) is 28.2. The number of nitrogens with one attached hydrogen (secondary N) is 1. The van der Waals surface area contributed by atoms with Crippen LogP contribution in [0.1, 0.15) is 29.2 Å². The molecular formula is C28H32N2O3. The molecule has 0 spiro atoms. The highest BCUT2D eigenvalue weighted by Crippen LogP contribution is 2.21. The van der Waals surface area contributed by atoms with E-state index < -0.39 is 6.04 Å². The lowest BCUT2D eigenvalue weighted by atomic mass is 10.0. The van der Waals surface area contributed by atoms with Crippen molar-refractivity contribution in [2.75, 3.05) is 13.2 Å². The second-order valence-corrected chi connectivity index (χ2v) is 8.09. The van der Waals surface area contributed by atoms with Crippen LogP contribution in [0.15, 0.2) is 78.9 Å². The standard InChI is InChI=1S/C28H32N2O3/c1-4-29-28(32)25(18-23-13-7-5-8-14-23)30(19-24-15-9-6-10-16-24)27(31)20-33-26-17-11-12-21(2)22(26)3/h5-17,25H,4,18-20H2,1-3H3,(H,29,32)/t25-/m1/s1. The van der Waals surface area contributed by atoms with Crippen LogP contribution in [0.5, 0.6) is 5.75 Å². The molecule has 172 valence electrons. The van der Waals surface area contributed by atoms with Gasteiger partial charge in [0.25, 0.3) is 5.91 Å². The first-order valence-electron chi connectivity index (χ1n) is 11.3. The van der Waals surface area contributed by atoms with Gasteiger partial charge in [-0.25, -0.2) is 0 Å². The second-order valence-electron chi connectivity index (χ2n) is 8.09. The van der Waals surface area contributed by atoms with Gasteiger partial charge in [-0.15, -0.1) is 0 Å². The first kappa shape index (κ1) is 24.1. The predicted octanol–water partition coefficient (Wildman–Crippen LogP) is 4.46. The minimum Gasteiger partial charge on any atom is -0.483 e. The van der Waals surface area contributed by atoms with Gasteiger partial charge < -0.3 is 15.0 Å². The summed E-state index contributed by atoms with van der Waals surface area (Å²) in [6.07, 6.45) is 0.425. The molecule has 0 saturated heterocycles. The van der Waals surface area contributed by atoms with Crippen LogP contribution in [0.4, 0.5) is 0 Å². The number of rotatable bonds is 10. The SMILES string of the molecule is CCNC(=O)[C@@H](Cc1ccccc1)N(Cc1ccccc1)C(=O)COc1cccc(C)c1C. The molecule has 0 bridgehead atoms. The third-order valence-electron chi connectivity index (χ3n) is 5.72. The van der Waals surface area contributed by atoms with Crippen molar-refractivity contribution in [3.05, 3.63) is 101 Å². The summed E-state index contributed by atoms with van der Waals surface area (Å²) >= 11 is 0. The second kappa shape index (κ2) is 11.9. The van der Waals surface area contributed by atoms with Gasteiger partial charge in [-0.3, -0.25) is 9.59 Å². The minimum absolute atomic E-state index is 0.137. The zero-order valence-electron chi connectivity index (χ0n) is 19.6. The molecule has 3 aromatic carbocycles. The van der Waals surface area contributed by atoms with Gasteiger partial charge in [0.15, 0.2) is 6.61 Å². The van der Waals surface area contributed by atoms with Gasteiger partial charge in [0.05, 0.1) is 0 Å². The molecule has 0 aromatic heterocycles. The summed E-state index contributed by atoms with van der Waals surface area (Å²) in [6.45, 7) is 6.55. The molecule has 3 aromatic rings. The molecule has 33 heavy (non-hydrogen) atoms. The van der Waals surface area contributed by atoms with Crippen molar-refractivity contribution in [1.29, 1.82) is 0 Å². The largest absolute Gasteiger partial charge is 0.483 e. The van der Waals surface area contributed by atoms with Crippen LogP contribution >= 0.6 is 0 Å². The fourth-order valence-corrected chi connectivity index (χ4v) is 3.73. The fraction of sp³-hybridized carbons (Fsp3) is 0.286. The summed E-state index contributed by atoms with van der Waals surface area (Å²) in [6, 6.07) is 24.6. The predicted molar refractivity (Wildman–Crippen MR) is 131 cm³/mol. The molecule has 5 heteroatoms. The maximum absolute atomic E-state index is 13.5. The number of nitrogens with zero attached hydrogens (tertiary/aromatic N) is 1. The molecule has 0 saturated carbocycles. The average Bonchev–Trinajstić information content (AvgIpc) is 2.83. The highest BCUT2D eigenvalue weighted by atomic mass is 16.5. The molecular weight excluding hydrogens is 412 g/mol. The summed E-state index contributed by atoms with van der Waals surface area (Å²) in [5.41, 5.74) is 4.06. The minimum atomic E-state index is -0.651. The maximum atomic E-state index is 13.5. The number of hydrogen-bond donors (Lipinski definition) is 1. The molecule has 0 unspecified atom stereocenters. The molecule has 0 radical (unpaired) electrons. The first-order valence-corrected chi connectivity index (χ1v) is 11.3. The number of ether oxygens (including phenoxy) is 1. The van der Waals surface area contributed by atoms with E-state index >= 15 is 0 Å². The Morgan fingerprint density at radius 1 is 0.879 bits per heavy atom. The lowest BCUT2D eigenvalue weighted by Crippen LogP contribution is -2.51. The van der Waals surface area contributed by atoms with E-state index in [9.17, 15) is 9.59 Å². The van der Waals surface area contributed by atoms with Crippen LogP contribution in [0.3, 0.4) is 0 Å². The topological polar surface area (TPSA) is 58.6 Å². The molecule has 0 aliphatic carbocycles. The number of aryl methyl sites for hydroxylation is 1. The fourth-order valence-electron chi connectivity index (χ4n) is 3.73. The van der Waals surface area contributed by atoms with E-state index in [2.05, 4.69) is 5.32 Å². The zero-order valence-corrected chi connectivity index (χ0v) is 19.6. The Hall–Kier alpha value is -3.60. The third-order valence-corrected chi connectivity index (χ3v) is 5.72. The van der Waals surface area contributed by atoms with Gasteiger partial charge in [-0.05, 0) is 49.1 Å². The van der Waals surface area contributed by atoms with E-state index in [1.807, 2.05) is 99.6 Å². The Morgan fingerprint density at radius 2 is 1.52 bits per heavy atom. The molecule has 5 nitrogen and oxygen atoms in total. The monoisotopic (exact) mass is 444 g/mol. The first-order chi connectivity index (χ1) is 16.0. The number of amides is 2. The van der Waals surface area contributed by atoms with E-state index in [1.165, 1.54) is 0 Å². The van der Waals surface area contributed by atoms with E-state index in [1.54, 1.807) is 4.90 Å². The van der Waals surface area contributed by atoms with Gasteiger partial charge in [0.2, 0.25) is 5.91 Å². The lowest BCUT2D eigenvalue weighted by Gasteiger charge is -2.31. The van der Waals surface area contributed by atoms with E-state index in [-0.39, 0.29) is 18.4 Å². The molecule has 1 N–H and O–H groups in total. The number of carbonyl (C=O) groups is 2. The van der Waals surface area contributed by atoms with Crippen LogP contribution in [0.2, 0.25) is 0 Å². The maximum Gasteiger partial charge on any atom is 0.261 e. The van der Waals surface area contributed by atoms with Crippen molar-refractivity contribution in [1.82, 2.24) is 10.2 Å². The number of likely N-dealkylation sites (N-methyl/N-ethyl adjacent to an activating group) is 1. The van der Waals surface area contributed by atoms with Crippen molar-refractivity contribution >= 4 is 11.8 Å². The Labute approximate surface area is 196 Å². The molecule has 0 aliphatic heterocycles. The molecule has 0 fully saturated rings. The van der Waals surface area contributed by atoms with Gasteiger partial charge in [-0.1, -0.05) is 72.8 Å². The van der Waals surface area contributed by atoms with E-state index in [0.717, 1.165) is 22.3 Å². The number of hydrogen-bond acceptors (Lipinski definition) is 3. The van der Waals surface area contributed by atoms with Crippen LogP contribution < -0.4 is 10.1 Å². The van der Waals surface area contributed by atoms with Crippen LogP contribution in [0.25, 0.3) is 0 Å². The van der Waals surface area contributed by atoms with Crippen LogP contribution in [0, 0.1) is 13.8 Å². The van der Waals surface area contributed by atoms with Gasteiger partial charge >= 0.3 is 0 Å². The normalized spacial score (nSPS) is 11.5. The molecule has 2 amide bonds. The van der Waals surface area contributed by atoms with Crippen molar-refractivity contribution in [2.45, 2.75) is 39.8 Å². The summed E-state index contributed by atoms with van der Waals surface area (Å²) in [5, 5.41) is 2.90. The summed E-state index contributed by atoms with van der Waals surface area (Å²) in [5.74, 6) is 0.282. The summed E-state index contributed by atoms with van der Waals surface area (Å²) < 4.78 is 5.92. The lowest BCUT2D eigenvalue weighted by molar-refractivity contribution is -0.142. The van der Waals surface area contributed by atoms with Crippen LogP contribution in [-0.2, 0) is 22.6 Å².